The Kier molecular flexibility index (Phi) is 4.67. The Hall–Kier alpha value is -2.20. The van der Waals surface area contributed by atoms with Crippen LogP contribution in [0.3, 0.4) is 0 Å². The van der Waals surface area contributed by atoms with Crippen molar-refractivity contribution in [1.82, 2.24) is 14.8 Å². The molecule has 1 aromatic heterocycles. The van der Waals surface area contributed by atoms with Crippen LogP contribution in [0, 0.1) is 5.92 Å². The summed E-state index contributed by atoms with van der Waals surface area (Å²) in [6.07, 6.45) is 7.38. The van der Waals surface area contributed by atoms with Gasteiger partial charge in [-0.1, -0.05) is 36.4 Å². The summed E-state index contributed by atoms with van der Waals surface area (Å²) in [5.41, 5.74) is 2.50. The summed E-state index contributed by atoms with van der Waals surface area (Å²) in [7, 11) is 0. The third-order valence-electron chi connectivity index (χ3n) is 7.09. The van der Waals surface area contributed by atoms with Gasteiger partial charge in [-0.2, -0.15) is 0 Å². The number of carbonyl (C=O) groups is 1. The van der Waals surface area contributed by atoms with Gasteiger partial charge in [0.15, 0.2) is 0 Å². The number of aromatic nitrogens is 1. The van der Waals surface area contributed by atoms with Gasteiger partial charge in [-0.3, -0.25) is 14.7 Å². The Morgan fingerprint density at radius 1 is 1.00 bits per heavy atom. The summed E-state index contributed by atoms with van der Waals surface area (Å²) in [4.78, 5) is 22.4. The fourth-order valence-electron chi connectivity index (χ4n) is 5.34. The van der Waals surface area contributed by atoms with Gasteiger partial charge in [-0.25, -0.2) is 0 Å². The van der Waals surface area contributed by atoms with Crippen LogP contribution in [0.15, 0.2) is 54.7 Å². The molecule has 2 saturated heterocycles. The van der Waals surface area contributed by atoms with Crippen molar-refractivity contribution in [1.29, 1.82) is 0 Å². The second kappa shape index (κ2) is 7.32. The zero-order valence-corrected chi connectivity index (χ0v) is 16.5. The highest BCUT2D eigenvalue weighted by Crippen LogP contribution is 2.47. The molecule has 3 fully saturated rings. The van der Waals surface area contributed by atoms with Gasteiger partial charge in [0, 0.05) is 37.2 Å². The Morgan fingerprint density at radius 2 is 1.79 bits per heavy atom. The lowest BCUT2D eigenvalue weighted by atomic mass is 9.71. The van der Waals surface area contributed by atoms with Crippen molar-refractivity contribution in [2.45, 2.75) is 50.1 Å². The lowest BCUT2D eigenvalue weighted by molar-refractivity contribution is -0.132. The van der Waals surface area contributed by atoms with Crippen molar-refractivity contribution in [2.24, 2.45) is 5.92 Å². The van der Waals surface area contributed by atoms with Gasteiger partial charge >= 0.3 is 0 Å². The molecule has 28 heavy (non-hydrogen) atoms. The minimum absolute atomic E-state index is 0.102. The number of fused-ring (bicyclic) bond motifs is 1. The summed E-state index contributed by atoms with van der Waals surface area (Å²) in [6, 6.07) is 17.3. The van der Waals surface area contributed by atoms with Gasteiger partial charge in [-0.15, -0.1) is 0 Å². The minimum Gasteiger partial charge on any atom is -0.337 e. The van der Waals surface area contributed by atoms with Crippen LogP contribution in [0.25, 0.3) is 0 Å². The number of amides is 1. The first-order valence-corrected chi connectivity index (χ1v) is 10.7. The highest BCUT2D eigenvalue weighted by molar-refractivity contribution is 5.77. The smallest absolute Gasteiger partial charge is 0.224 e. The molecule has 5 rings (SSSR count). The lowest BCUT2D eigenvalue weighted by Crippen LogP contribution is -2.44. The number of rotatable bonds is 5. The van der Waals surface area contributed by atoms with Crippen molar-refractivity contribution in [3.63, 3.8) is 0 Å². The molecule has 1 aromatic carbocycles. The average Bonchev–Trinajstić information content (AvgIpc) is 3.51. The van der Waals surface area contributed by atoms with Crippen molar-refractivity contribution >= 4 is 5.91 Å². The Bertz CT molecular complexity index is 820. The number of carbonyl (C=O) groups excluding carboxylic acids is 1. The molecule has 2 atom stereocenters. The molecule has 0 radical (unpaired) electrons. The lowest BCUT2D eigenvalue weighted by Gasteiger charge is -2.37. The predicted molar refractivity (Wildman–Crippen MR) is 110 cm³/mol. The Morgan fingerprint density at radius 3 is 2.54 bits per heavy atom. The molecule has 2 unspecified atom stereocenters. The summed E-state index contributed by atoms with van der Waals surface area (Å²) in [5.74, 6) is 1.14. The van der Waals surface area contributed by atoms with Crippen molar-refractivity contribution < 1.29 is 4.79 Å². The number of hydrogen-bond acceptors (Lipinski definition) is 3. The van der Waals surface area contributed by atoms with E-state index in [1.165, 1.54) is 31.4 Å². The van der Waals surface area contributed by atoms with E-state index >= 15 is 0 Å². The van der Waals surface area contributed by atoms with E-state index in [1.807, 2.05) is 29.3 Å². The average molecular weight is 376 g/mol. The molecule has 2 aromatic rings. The minimum atomic E-state index is 0.102. The Labute approximate surface area is 167 Å². The molecule has 3 aliphatic rings. The van der Waals surface area contributed by atoms with E-state index in [9.17, 15) is 4.79 Å². The molecule has 3 heterocycles. The maximum atomic E-state index is 13.3. The maximum Gasteiger partial charge on any atom is 0.224 e. The molecule has 1 amide bonds. The van der Waals surface area contributed by atoms with Crippen LogP contribution in [0.1, 0.15) is 43.4 Å². The third kappa shape index (κ3) is 3.35. The van der Waals surface area contributed by atoms with Crippen LogP contribution < -0.4 is 0 Å². The fourth-order valence-corrected chi connectivity index (χ4v) is 5.34. The molecule has 1 aliphatic carbocycles. The second-order valence-electron chi connectivity index (χ2n) is 8.82. The van der Waals surface area contributed by atoms with Gasteiger partial charge < -0.3 is 4.90 Å². The van der Waals surface area contributed by atoms with Crippen molar-refractivity contribution in [2.75, 3.05) is 19.6 Å². The molecule has 146 valence electrons. The molecule has 4 nitrogen and oxygen atoms in total. The van der Waals surface area contributed by atoms with Crippen LogP contribution in [0.2, 0.25) is 0 Å². The van der Waals surface area contributed by atoms with E-state index in [0.29, 0.717) is 19.0 Å². The van der Waals surface area contributed by atoms with Crippen LogP contribution in [0.5, 0.6) is 0 Å². The molecular weight excluding hydrogens is 346 g/mol. The molecule has 0 bridgehead atoms. The van der Waals surface area contributed by atoms with Gasteiger partial charge in [0.05, 0.1) is 12.2 Å². The highest BCUT2D eigenvalue weighted by atomic mass is 16.2. The summed E-state index contributed by atoms with van der Waals surface area (Å²) in [5, 5.41) is 0. The van der Waals surface area contributed by atoms with Crippen LogP contribution >= 0.6 is 0 Å². The quantitative estimate of drug-likeness (QED) is 0.801. The topological polar surface area (TPSA) is 36.4 Å². The number of nitrogens with zero attached hydrogens (tertiary/aromatic N) is 3. The Balaban J connectivity index is 1.44. The number of pyridine rings is 1. The van der Waals surface area contributed by atoms with E-state index in [-0.39, 0.29) is 11.3 Å². The van der Waals surface area contributed by atoms with Gasteiger partial charge in [0.1, 0.15) is 0 Å². The highest BCUT2D eigenvalue weighted by Gasteiger charge is 2.51. The van der Waals surface area contributed by atoms with Crippen LogP contribution in [-0.2, 0) is 16.8 Å². The first-order valence-electron chi connectivity index (χ1n) is 10.7. The van der Waals surface area contributed by atoms with Crippen molar-refractivity contribution in [3.8, 4) is 0 Å². The van der Waals surface area contributed by atoms with E-state index in [2.05, 4.69) is 40.2 Å². The molecular formula is C24H29N3O. The number of hydrogen-bond donors (Lipinski definition) is 0. The summed E-state index contributed by atoms with van der Waals surface area (Å²) >= 11 is 0. The first kappa shape index (κ1) is 17.9. The van der Waals surface area contributed by atoms with Crippen molar-refractivity contribution in [3.05, 3.63) is 66.0 Å². The van der Waals surface area contributed by atoms with Crippen LogP contribution in [-0.4, -0.2) is 46.4 Å². The zero-order valence-electron chi connectivity index (χ0n) is 16.5. The van der Waals surface area contributed by atoms with E-state index in [1.54, 1.807) is 0 Å². The molecule has 0 spiro atoms. The second-order valence-corrected chi connectivity index (χ2v) is 8.82. The predicted octanol–water partition coefficient (Wildman–Crippen LogP) is 3.63. The van der Waals surface area contributed by atoms with Gasteiger partial charge in [0.2, 0.25) is 5.91 Å². The molecule has 0 N–H and O–H groups in total. The number of benzene rings is 1. The maximum absolute atomic E-state index is 13.3. The zero-order chi connectivity index (χ0) is 19.0. The summed E-state index contributed by atoms with van der Waals surface area (Å²) < 4.78 is 0. The first-order chi connectivity index (χ1) is 13.7. The van der Waals surface area contributed by atoms with E-state index in [4.69, 9.17) is 0 Å². The standard InChI is InChI=1S/C24H29N3O/c28-23-16-22-24(20-6-2-1-3-7-20,11-14-26(22)17-19-9-10-19)12-15-27(23)18-21-8-4-5-13-25-21/h1-8,13,19,22H,9-12,14-18H2. The normalized spacial score (nSPS) is 28.2. The molecule has 1 saturated carbocycles. The van der Waals surface area contributed by atoms with Gasteiger partial charge in [-0.05, 0) is 55.8 Å². The molecule has 2 aliphatic heterocycles. The third-order valence-corrected chi connectivity index (χ3v) is 7.09. The number of likely N-dealkylation sites (tertiary alicyclic amines) is 2. The SMILES string of the molecule is O=C1CC2N(CC3CC3)CCC2(c2ccccc2)CCN1Cc1ccccn1. The van der Waals surface area contributed by atoms with Crippen LogP contribution in [0.4, 0.5) is 0 Å². The monoisotopic (exact) mass is 375 g/mol. The summed E-state index contributed by atoms with van der Waals surface area (Å²) in [6.45, 7) is 3.74. The fraction of sp³-hybridized carbons (Fsp3) is 0.500. The largest absolute Gasteiger partial charge is 0.337 e. The van der Waals surface area contributed by atoms with E-state index in [0.717, 1.165) is 31.1 Å². The van der Waals surface area contributed by atoms with Gasteiger partial charge in [0.25, 0.3) is 0 Å². The van der Waals surface area contributed by atoms with E-state index < -0.39 is 0 Å². The molecule has 4 heteroatoms.